The van der Waals surface area contributed by atoms with Crippen LogP contribution in [0.3, 0.4) is 0 Å². The van der Waals surface area contributed by atoms with E-state index in [1.165, 1.54) is 10.5 Å². The van der Waals surface area contributed by atoms with Gasteiger partial charge in [-0.15, -0.1) is 0 Å². The Kier molecular flexibility index (Phi) is 5.97. The zero-order valence-electron chi connectivity index (χ0n) is 15.3. The molecule has 2 aromatic rings. The van der Waals surface area contributed by atoms with E-state index < -0.39 is 5.60 Å². The minimum absolute atomic E-state index is 0.367. The maximum absolute atomic E-state index is 12.2. The lowest BCUT2D eigenvalue weighted by molar-refractivity contribution is 0.0589. The largest absolute Gasteiger partial charge is 0.443 e. The molecule has 2 rings (SSSR count). The summed E-state index contributed by atoms with van der Waals surface area (Å²) in [6, 6.07) is 15.5. The number of aryl methyl sites for hydroxylation is 2. The highest BCUT2D eigenvalue weighted by Crippen LogP contribution is 2.19. The molecule has 0 N–H and O–H groups in total. The fraction of sp³-hybridized carbons (Fsp3) is 0.333. The van der Waals surface area contributed by atoms with Crippen LogP contribution >= 0.6 is 0 Å². The number of carbonyl (C=O) groups excluding carboxylic acids is 2. The van der Waals surface area contributed by atoms with Gasteiger partial charge in [-0.2, -0.15) is 0 Å². The summed E-state index contributed by atoms with van der Waals surface area (Å²) >= 11 is 0. The zero-order valence-corrected chi connectivity index (χ0v) is 15.3. The fourth-order valence-corrected chi connectivity index (χ4v) is 2.41. The van der Waals surface area contributed by atoms with Gasteiger partial charge in [-0.05, 0) is 56.9 Å². The molecule has 0 atom stereocenters. The summed E-state index contributed by atoms with van der Waals surface area (Å²) in [5.74, 6) is 0. The first-order chi connectivity index (χ1) is 11.8. The molecule has 0 bridgehead atoms. The van der Waals surface area contributed by atoms with Crippen molar-refractivity contribution in [2.45, 2.75) is 39.2 Å². The third-order valence-electron chi connectivity index (χ3n) is 3.78. The highest BCUT2D eigenvalue weighted by molar-refractivity contribution is 5.87. The van der Waals surface area contributed by atoms with Gasteiger partial charge in [-0.3, -0.25) is 9.69 Å². The SMILES string of the molecule is CN(C(=O)OC(C)(C)C)c1cccc(CCc2ccc(C=O)cc2)c1. The first-order valence-corrected chi connectivity index (χ1v) is 8.38. The topological polar surface area (TPSA) is 46.6 Å². The number of amides is 1. The predicted molar refractivity (Wildman–Crippen MR) is 100 cm³/mol. The van der Waals surface area contributed by atoms with E-state index in [0.717, 1.165) is 30.4 Å². The molecule has 0 radical (unpaired) electrons. The Bertz CT molecular complexity index is 730. The van der Waals surface area contributed by atoms with Crippen molar-refractivity contribution in [2.24, 2.45) is 0 Å². The fourth-order valence-electron chi connectivity index (χ4n) is 2.41. The molecular formula is C21H25NO3. The van der Waals surface area contributed by atoms with Gasteiger partial charge < -0.3 is 4.74 Å². The molecule has 0 aliphatic rings. The van der Waals surface area contributed by atoms with Gasteiger partial charge in [0.15, 0.2) is 0 Å². The van der Waals surface area contributed by atoms with Crippen LogP contribution < -0.4 is 4.90 Å². The van der Waals surface area contributed by atoms with Gasteiger partial charge in [0.05, 0.1) is 0 Å². The summed E-state index contributed by atoms with van der Waals surface area (Å²) in [6.07, 6.45) is 2.21. The number of nitrogens with zero attached hydrogens (tertiary/aromatic N) is 1. The van der Waals surface area contributed by atoms with Crippen LogP contribution in [0.2, 0.25) is 0 Å². The molecule has 0 aliphatic heterocycles. The molecule has 0 aromatic heterocycles. The quantitative estimate of drug-likeness (QED) is 0.745. The van der Waals surface area contributed by atoms with E-state index in [2.05, 4.69) is 0 Å². The third-order valence-corrected chi connectivity index (χ3v) is 3.78. The zero-order chi connectivity index (χ0) is 18.4. The average Bonchev–Trinajstić information content (AvgIpc) is 2.58. The number of benzene rings is 2. The Balaban J connectivity index is 2.02. The molecule has 1 amide bonds. The van der Waals surface area contributed by atoms with Crippen molar-refractivity contribution in [3.8, 4) is 0 Å². The van der Waals surface area contributed by atoms with Crippen LogP contribution in [0.15, 0.2) is 48.5 Å². The Morgan fingerprint density at radius 3 is 2.28 bits per heavy atom. The Morgan fingerprint density at radius 2 is 1.68 bits per heavy atom. The lowest BCUT2D eigenvalue weighted by Gasteiger charge is -2.25. The maximum Gasteiger partial charge on any atom is 0.414 e. The molecule has 4 heteroatoms. The molecule has 25 heavy (non-hydrogen) atoms. The smallest absolute Gasteiger partial charge is 0.414 e. The second-order valence-corrected chi connectivity index (χ2v) is 7.07. The molecule has 0 heterocycles. The van der Waals surface area contributed by atoms with Crippen molar-refractivity contribution >= 4 is 18.1 Å². The Labute approximate surface area is 149 Å². The maximum atomic E-state index is 12.2. The van der Waals surface area contributed by atoms with Gasteiger partial charge in [0.25, 0.3) is 0 Å². The standard InChI is InChI=1S/C21H25NO3/c1-21(2,3)25-20(24)22(4)19-7-5-6-17(14-19)11-8-16-9-12-18(15-23)13-10-16/h5-7,9-10,12-15H,8,11H2,1-4H3. The minimum atomic E-state index is -0.517. The van der Waals surface area contributed by atoms with Gasteiger partial charge in [-0.1, -0.05) is 36.4 Å². The van der Waals surface area contributed by atoms with E-state index in [4.69, 9.17) is 4.74 Å². The number of hydrogen-bond acceptors (Lipinski definition) is 3. The number of ether oxygens (including phenoxy) is 1. The van der Waals surface area contributed by atoms with E-state index >= 15 is 0 Å². The van der Waals surface area contributed by atoms with Crippen LogP contribution in [-0.4, -0.2) is 25.0 Å². The molecule has 0 fully saturated rings. The normalized spacial score (nSPS) is 11.0. The van der Waals surface area contributed by atoms with Crippen LogP contribution in [0.1, 0.15) is 42.3 Å². The molecule has 0 saturated heterocycles. The van der Waals surface area contributed by atoms with E-state index in [1.54, 1.807) is 7.05 Å². The van der Waals surface area contributed by atoms with Gasteiger partial charge in [-0.25, -0.2) is 4.79 Å². The number of aldehydes is 1. The summed E-state index contributed by atoms with van der Waals surface area (Å²) in [7, 11) is 1.71. The number of rotatable bonds is 5. The predicted octanol–water partition coefficient (Wildman–Crippen LogP) is 4.66. The van der Waals surface area contributed by atoms with Gasteiger partial charge in [0.1, 0.15) is 11.9 Å². The highest BCUT2D eigenvalue weighted by Gasteiger charge is 2.20. The molecule has 0 saturated carbocycles. The summed E-state index contributed by atoms with van der Waals surface area (Å²) in [5.41, 5.74) is 3.30. The monoisotopic (exact) mass is 339 g/mol. The molecule has 0 unspecified atom stereocenters. The molecular weight excluding hydrogens is 314 g/mol. The van der Waals surface area contributed by atoms with Crippen molar-refractivity contribution in [2.75, 3.05) is 11.9 Å². The summed E-state index contributed by atoms with van der Waals surface area (Å²) in [4.78, 5) is 24.4. The molecule has 2 aromatic carbocycles. The van der Waals surface area contributed by atoms with Crippen molar-refractivity contribution in [3.63, 3.8) is 0 Å². The number of hydrogen-bond donors (Lipinski definition) is 0. The Morgan fingerprint density at radius 1 is 1.04 bits per heavy atom. The lowest BCUT2D eigenvalue weighted by atomic mass is 10.0. The van der Waals surface area contributed by atoms with Crippen molar-refractivity contribution < 1.29 is 14.3 Å². The third kappa shape index (κ3) is 5.75. The van der Waals surface area contributed by atoms with E-state index in [-0.39, 0.29) is 6.09 Å². The first-order valence-electron chi connectivity index (χ1n) is 8.38. The highest BCUT2D eigenvalue weighted by atomic mass is 16.6. The van der Waals surface area contributed by atoms with E-state index in [9.17, 15) is 9.59 Å². The van der Waals surface area contributed by atoms with Crippen molar-refractivity contribution in [1.82, 2.24) is 0 Å². The van der Waals surface area contributed by atoms with Crippen molar-refractivity contribution in [1.29, 1.82) is 0 Å². The minimum Gasteiger partial charge on any atom is -0.443 e. The van der Waals surface area contributed by atoms with Crippen LogP contribution in [0.25, 0.3) is 0 Å². The molecule has 132 valence electrons. The van der Waals surface area contributed by atoms with Crippen molar-refractivity contribution in [3.05, 3.63) is 65.2 Å². The number of carbonyl (C=O) groups is 2. The van der Waals surface area contributed by atoms with Crippen LogP contribution in [0.5, 0.6) is 0 Å². The molecule has 4 nitrogen and oxygen atoms in total. The number of anilines is 1. The summed E-state index contributed by atoms with van der Waals surface area (Å²) in [6.45, 7) is 5.56. The molecule has 0 aliphatic carbocycles. The van der Waals surface area contributed by atoms with Gasteiger partial charge in [0.2, 0.25) is 0 Å². The molecule has 0 spiro atoms. The Hall–Kier alpha value is -2.62. The van der Waals surface area contributed by atoms with E-state index in [1.807, 2.05) is 69.3 Å². The summed E-state index contributed by atoms with van der Waals surface area (Å²) < 4.78 is 5.40. The average molecular weight is 339 g/mol. The summed E-state index contributed by atoms with van der Waals surface area (Å²) in [5, 5.41) is 0. The van der Waals surface area contributed by atoms with Gasteiger partial charge in [0, 0.05) is 18.3 Å². The second-order valence-electron chi connectivity index (χ2n) is 7.07. The van der Waals surface area contributed by atoms with Crippen LogP contribution in [0, 0.1) is 0 Å². The van der Waals surface area contributed by atoms with E-state index in [0.29, 0.717) is 5.56 Å². The van der Waals surface area contributed by atoms with Gasteiger partial charge >= 0.3 is 6.09 Å². The first kappa shape index (κ1) is 18.7. The lowest BCUT2D eigenvalue weighted by Crippen LogP contribution is -2.34. The van der Waals surface area contributed by atoms with Crippen LogP contribution in [-0.2, 0) is 17.6 Å². The van der Waals surface area contributed by atoms with Crippen LogP contribution in [0.4, 0.5) is 10.5 Å². The second kappa shape index (κ2) is 7.97.